The molecule has 0 saturated heterocycles. The van der Waals surface area contributed by atoms with E-state index in [0.717, 1.165) is 0 Å². The van der Waals surface area contributed by atoms with Crippen molar-refractivity contribution in [1.82, 2.24) is 15.0 Å². The van der Waals surface area contributed by atoms with E-state index in [1.54, 1.807) is 24.3 Å². The number of phenols is 2. The van der Waals surface area contributed by atoms with Crippen molar-refractivity contribution in [2.45, 2.75) is 10.5 Å². The molecule has 0 aliphatic carbocycles. The lowest BCUT2D eigenvalue weighted by Crippen LogP contribution is -2.32. The molecule has 0 bridgehead atoms. The van der Waals surface area contributed by atoms with Crippen LogP contribution in [0.2, 0.25) is 5.28 Å². The predicted octanol–water partition coefficient (Wildman–Crippen LogP) is 3.99. The standard InChI is InChI=1S/C20H12O5.C15H22ClN7O4S/c21-11-5-7-15-17(9-11)24-18-10-12(22)6-8-16(18)20(15)14-4-2-1-3-13(14)19(23)25-20;16-13-21-14(19-6-8-27-10-9-26-7-5-17)23-15(22-13)20-11-1-3-12(4-2-11)28(18,24)25/h1-10,21-22H;1-4H,5-10,17H2,(H2,18,24,25)(H2,19,20,21,22,23). The summed E-state index contributed by atoms with van der Waals surface area (Å²) in [7, 11) is -3.75. The average Bonchev–Trinajstić information content (AvgIpc) is 3.41. The van der Waals surface area contributed by atoms with Crippen LogP contribution in [0.3, 0.4) is 0 Å². The third-order valence-corrected chi connectivity index (χ3v) is 8.99. The van der Waals surface area contributed by atoms with Crippen LogP contribution in [0, 0.1) is 0 Å². The molecule has 4 aromatic carbocycles. The summed E-state index contributed by atoms with van der Waals surface area (Å²) in [6.45, 7) is 2.81. The first-order chi connectivity index (χ1) is 25.5. The van der Waals surface area contributed by atoms with Crippen LogP contribution < -0.4 is 26.2 Å². The van der Waals surface area contributed by atoms with E-state index in [0.29, 0.717) is 79.0 Å². The molecule has 5 aromatic rings. The quantitative estimate of drug-likeness (QED) is 0.0777. The third-order valence-electron chi connectivity index (χ3n) is 7.89. The molecule has 7 rings (SSSR count). The lowest BCUT2D eigenvalue weighted by Gasteiger charge is -2.36. The summed E-state index contributed by atoms with van der Waals surface area (Å²) < 4.78 is 44.9. The Morgan fingerprint density at radius 1 is 0.792 bits per heavy atom. The molecule has 276 valence electrons. The number of carbonyl (C=O) groups is 1. The molecule has 53 heavy (non-hydrogen) atoms. The minimum Gasteiger partial charge on any atom is -0.508 e. The first-order valence-corrected chi connectivity index (χ1v) is 18.0. The van der Waals surface area contributed by atoms with Gasteiger partial charge in [-0.3, -0.25) is 0 Å². The second kappa shape index (κ2) is 16.0. The number of esters is 1. The monoisotopic (exact) mass is 763 g/mol. The lowest BCUT2D eigenvalue weighted by atomic mass is 9.77. The Balaban J connectivity index is 0.000000182. The number of rotatable bonds is 12. The van der Waals surface area contributed by atoms with Crippen molar-refractivity contribution in [2.75, 3.05) is 50.2 Å². The lowest BCUT2D eigenvalue weighted by molar-refractivity contribution is 0.0224. The maximum absolute atomic E-state index is 12.5. The summed E-state index contributed by atoms with van der Waals surface area (Å²) in [6, 6.07) is 22.4. The molecule has 0 saturated carbocycles. The number of aromatic hydroxyl groups is 2. The molecule has 0 atom stereocenters. The fraction of sp³-hybridized carbons (Fsp3) is 0.200. The SMILES string of the molecule is NCCOCCOCCNc1nc(Cl)nc(Nc2ccc(S(N)(=O)=O)cc2)n1.O=C1OC2(c3ccc(O)cc3Oc3cc(O)ccc32)c2ccccc21. The summed E-state index contributed by atoms with van der Waals surface area (Å²) in [5.74, 6) is 0.875. The fourth-order valence-corrected chi connectivity index (χ4v) is 6.31. The number of hydrogen-bond acceptors (Lipinski definition) is 15. The number of primary sulfonamides is 1. The molecule has 3 heterocycles. The summed E-state index contributed by atoms with van der Waals surface area (Å²) in [4.78, 5) is 24.7. The van der Waals surface area contributed by atoms with Crippen LogP contribution in [0.4, 0.5) is 17.6 Å². The fourth-order valence-electron chi connectivity index (χ4n) is 5.64. The van der Waals surface area contributed by atoms with Crippen LogP contribution >= 0.6 is 11.6 Å². The smallest absolute Gasteiger partial charge is 0.340 e. The highest BCUT2D eigenvalue weighted by molar-refractivity contribution is 7.89. The van der Waals surface area contributed by atoms with Gasteiger partial charge in [0.15, 0.2) is 5.60 Å². The van der Waals surface area contributed by atoms with Crippen LogP contribution in [-0.2, 0) is 29.8 Å². The van der Waals surface area contributed by atoms with Crippen molar-refractivity contribution in [3.05, 3.63) is 112 Å². The summed E-state index contributed by atoms with van der Waals surface area (Å²) in [6.07, 6.45) is 0. The molecule has 0 fully saturated rings. The summed E-state index contributed by atoms with van der Waals surface area (Å²) in [5.41, 5.74) is 7.15. The van der Waals surface area contributed by atoms with E-state index in [2.05, 4.69) is 25.6 Å². The maximum atomic E-state index is 12.5. The number of nitrogens with zero attached hydrogens (tertiary/aromatic N) is 3. The Kier molecular flexibility index (Phi) is 11.2. The number of anilines is 3. The number of hydrogen-bond donors (Lipinski definition) is 6. The van der Waals surface area contributed by atoms with Gasteiger partial charge in [-0.2, -0.15) is 15.0 Å². The number of nitrogens with two attached hydrogens (primary N) is 2. The Labute approximate surface area is 308 Å². The predicted molar refractivity (Wildman–Crippen MR) is 193 cm³/mol. The van der Waals surface area contributed by atoms with Gasteiger partial charge in [0.25, 0.3) is 0 Å². The second-order valence-electron chi connectivity index (χ2n) is 11.5. The number of sulfonamides is 1. The zero-order valence-electron chi connectivity index (χ0n) is 27.9. The molecule has 2 aliphatic heterocycles. The number of fused-ring (bicyclic) bond motifs is 6. The molecule has 0 amide bonds. The second-order valence-corrected chi connectivity index (χ2v) is 13.4. The van der Waals surface area contributed by atoms with Crippen molar-refractivity contribution in [3.8, 4) is 23.0 Å². The molecule has 1 spiro atoms. The zero-order chi connectivity index (χ0) is 37.6. The van der Waals surface area contributed by atoms with Gasteiger partial charge in [-0.1, -0.05) is 18.2 Å². The topological polar surface area (TPSA) is 243 Å². The summed E-state index contributed by atoms with van der Waals surface area (Å²) >= 11 is 5.92. The van der Waals surface area contributed by atoms with Gasteiger partial charge >= 0.3 is 5.97 Å². The van der Waals surface area contributed by atoms with Crippen LogP contribution in [0.5, 0.6) is 23.0 Å². The van der Waals surface area contributed by atoms with Gasteiger partial charge in [-0.25, -0.2) is 18.4 Å². The number of ether oxygens (including phenoxy) is 4. The Morgan fingerprint density at radius 2 is 1.42 bits per heavy atom. The van der Waals surface area contributed by atoms with Crippen LogP contribution in [0.15, 0.2) is 89.8 Å². The van der Waals surface area contributed by atoms with E-state index in [4.69, 9.17) is 41.4 Å². The Morgan fingerprint density at radius 3 is 2.06 bits per heavy atom. The van der Waals surface area contributed by atoms with Gasteiger partial charge in [0, 0.05) is 47.6 Å². The van der Waals surface area contributed by atoms with E-state index >= 15 is 0 Å². The minimum atomic E-state index is -3.75. The highest BCUT2D eigenvalue weighted by Gasteiger charge is 2.53. The normalized spacial score (nSPS) is 13.5. The number of nitrogens with one attached hydrogen (secondary N) is 2. The van der Waals surface area contributed by atoms with E-state index in [9.17, 15) is 23.4 Å². The van der Waals surface area contributed by atoms with Crippen molar-refractivity contribution in [1.29, 1.82) is 0 Å². The zero-order valence-corrected chi connectivity index (χ0v) is 29.4. The van der Waals surface area contributed by atoms with Crippen molar-refractivity contribution in [2.24, 2.45) is 10.9 Å². The van der Waals surface area contributed by atoms with Crippen LogP contribution in [-0.4, -0.2) is 79.1 Å². The molecular formula is C35H34ClN7O9S. The van der Waals surface area contributed by atoms with E-state index < -0.39 is 21.6 Å². The van der Waals surface area contributed by atoms with Crippen molar-refractivity contribution < 1.29 is 42.4 Å². The van der Waals surface area contributed by atoms with Crippen molar-refractivity contribution >= 4 is 45.2 Å². The first-order valence-electron chi connectivity index (χ1n) is 16.1. The maximum Gasteiger partial charge on any atom is 0.340 e. The van der Waals surface area contributed by atoms with Gasteiger partial charge in [0.1, 0.15) is 23.0 Å². The number of benzene rings is 4. The molecule has 16 nitrogen and oxygen atoms in total. The highest BCUT2D eigenvalue weighted by Crippen LogP contribution is 2.56. The largest absolute Gasteiger partial charge is 0.508 e. The minimum absolute atomic E-state index is 0.00233. The number of carbonyl (C=O) groups excluding carboxylic acids is 1. The van der Waals surface area contributed by atoms with Crippen molar-refractivity contribution in [3.63, 3.8) is 0 Å². The van der Waals surface area contributed by atoms with Gasteiger partial charge < -0.3 is 45.5 Å². The molecular weight excluding hydrogens is 730 g/mol. The van der Waals surface area contributed by atoms with Gasteiger partial charge in [-0.05, 0) is 66.2 Å². The molecule has 18 heteroatoms. The van der Waals surface area contributed by atoms with Gasteiger partial charge in [0.2, 0.25) is 27.2 Å². The summed E-state index contributed by atoms with van der Waals surface area (Å²) in [5, 5.41) is 30.6. The van der Waals surface area contributed by atoms with E-state index in [1.807, 2.05) is 12.1 Å². The van der Waals surface area contributed by atoms with E-state index in [-0.39, 0.29) is 33.6 Å². The third kappa shape index (κ3) is 8.41. The van der Waals surface area contributed by atoms with Gasteiger partial charge in [0.05, 0.1) is 36.9 Å². The first kappa shape index (κ1) is 37.2. The Bertz CT molecular complexity index is 2180. The molecule has 8 N–H and O–H groups in total. The number of aromatic nitrogens is 3. The van der Waals surface area contributed by atoms with Crippen LogP contribution in [0.1, 0.15) is 27.0 Å². The number of halogens is 1. The highest BCUT2D eigenvalue weighted by atomic mass is 35.5. The molecule has 1 aromatic heterocycles. The Hall–Kier alpha value is -5.56. The van der Waals surface area contributed by atoms with Gasteiger partial charge in [-0.15, -0.1) is 0 Å². The molecule has 0 unspecified atom stereocenters. The average molecular weight is 764 g/mol. The van der Waals surface area contributed by atoms with E-state index in [1.165, 1.54) is 48.5 Å². The van der Waals surface area contributed by atoms with Crippen LogP contribution in [0.25, 0.3) is 0 Å². The number of phenolic OH excluding ortho intramolecular Hbond substituents is 2. The molecule has 0 radical (unpaired) electrons. The molecule has 2 aliphatic rings.